The number of nitrogens with one attached hydrogen (secondary N) is 2. The van der Waals surface area contributed by atoms with E-state index < -0.39 is 33.8 Å². The largest absolute Gasteiger partial charge is 0.490 e. The second-order valence-electron chi connectivity index (χ2n) is 11.1. The van der Waals surface area contributed by atoms with Gasteiger partial charge in [-0.2, -0.15) is 0 Å². The van der Waals surface area contributed by atoms with E-state index in [1.165, 1.54) is 24.3 Å². The van der Waals surface area contributed by atoms with Crippen molar-refractivity contribution in [2.24, 2.45) is 5.92 Å². The number of aromatic nitrogens is 1. The Morgan fingerprint density at radius 1 is 0.938 bits per heavy atom. The summed E-state index contributed by atoms with van der Waals surface area (Å²) >= 11 is 2.10. The van der Waals surface area contributed by atoms with Crippen LogP contribution in [-0.4, -0.2) is 46.1 Å². The summed E-state index contributed by atoms with van der Waals surface area (Å²) in [5.41, 5.74) is 1.30. The molecular weight excluding hydrogens is 657 g/mol. The standard InChI is InChI=1S/C34H26N4O8S2/c1-2-45-25-16-20(8-14-24(25)46-17-26(39)35-21-9-7-18-5-3-4-6-19(18)15-21)27-28-30(47-31-29(27)48-34(42)36-31)33(41)37(32(28)40)22-10-12-23(13-11-22)38(43)44/h3-16,27-28,30H,2,17H2,1H3,(H,35,39)(H,36,42)/t27-,28-,30+/m0/s1. The highest BCUT2D eigenvalue weighted by molar-refractivity contribution is 8.00. The molecule has 0 bridgehead atoms. The maximum Gasteiger partial charge on any atom is 0.305 e. The van der Waals surface area contributed by atoms with E-state index in [1.54, 1.807) is 25.1 Å². The first-order valence-electron chi connectivity index (χ1n) is 14.9. The van der Waals surface area contributed by atoms with Crippen molar-refractivity contribution < 1.29 is 28.8 Å². The predicted octanol–water partition coefficient (Wildman–Crippen LogP) is 5.71. The molecule has 4 aromatic carbocycles. The Kier molecular flexibility index (Phi) is 8.19. The van der Waals surface area contributed by atoms with E-state index >= 15 is 0 Å². The number of anilines is 2. The number of carbonyl (C=O) groups is 3. The first-order chi connectivity index (χ1) is 23.2. The smallest absolute Gasteiger partial charge is 0.305 e. The van der Waals surface area contributed by atoms with Crippen LogP contribution >= 0.6 is 23.1 Å². The summed E-state index contributed by atoms with van der Waals surface area (Å²) in [5.74, 6) is -2.24. The fourth-order valence-corrected chi connectivity index (χ4v) is 8.58. The van der Waals surface area contributed by atoms with Gasteiger partial charge in [0.1, 0.15) is 5.25 Å². The molecule has 5 aromatic rings. The Labute approximate surface area is 280 Å². The minimum Gasteiger partial charge on any atom is -0.490 e. The van der Waals surface area contributed by atoms with E-state index in [-0.39, 0.29) is 35.4 Å². The number of ether oxygens (including phenoxy) is 2. The van der Waals surface area contributed by atoms with Gasteiger partial charge in [0, 0.05) is 28.6 Å². The first-order valence-corrected chi connectivity index (χ1v) is 16.6. The number of nitrogens with zero attached hydrogens (tertiary/aromatic N) is 2. The number of thiazole rings is 1. The van der Waals surface area contributed by atoms with Crippen molar-refractivity contribution in [3.63, 3.8) is 0 Å². The van der Waals surface area contributed by atoms with E-state index in [0.29, 0.717) is 32.7 Å². The summed E-state index contributed by atoms with van der Waals surface area (Å²) in [5, 5.41) is 15.7. The van der Waals surface area contributed by atoms with Crippen LogP contribution in [0.5, 0.6) is 11.5 Å². The van der Waals surface area contributed by atoms with Crippen molar-refractivity contribution in [3.8, 4) is 11.5 Å². The van der Waals surface area contributed by atoms with Crippen LogP contribution in [0.15, 0.2) is 94.7 Å². The molecule has 0 saturated carbocycles. The van der Waals surface area contributed by atoms with Crippen LogP contribution in [0.2, 0.25) is 0 Å². The minimum atomic E-state index is -0.870. The molecule has 2 aliphatic heterocycles. The van der Waals surface area contributed by atoms with Gasteiger partial charge in [0.15, 0.2) is 18.1 Å². The lowest BCUT2D eigenvalue weighted by Crippen LogP contribution is -2.32. The molecule has 7 rings (SSSR count). The van der Waals surface area contributed by atoms with Crippen LogP contribution in [-0.2, 0) is 14.4 Å². The van der Waals surface area contributed by atoms with Crippen LogP contribution in [0.25, 0.3) is 10.8 Å². The number of hydrogen-bond donors (Lipinski definition) is 2. The van der Waals surface area contributed by atoms with E-state index in [1.807, 2.05) is 42.5 Å². The number of benzene rings is 4. The topological polar surface area (TPSA) is 161 Å². The zero-order chi connectivity index (χ0) is 33.5. The van der Waals surface area contributed by atoms with E-state index in [0.717, 1.165) is 38.8 Å². The Hall–Kier alpha value is -5.47. The number of fused-ring (bicyclic) bond motifs is 3. The molecule has 1 saturated heterocycles. The molecule has 2 N–H and O–H groups in total. The Bertz CT molecular complexity index is 2160. The number of carbonyl (C=O) groups excluding carboxylic acids is 3. The number of imide groups is 1. The van der Waals surface area contributed by atoms with Crippen LogP contribution in [0.3, 0.4) is 0 Å². The zero-order valence-corrected chi connectivity index (χ0v) is 26.8. The monoisotopic (exact) mass is 682 g/mol. The quantitative estimate of drug-likeness (QED) is 0.113. The van der Waals surface area contributed by atoms with Crippen molar-refractivity contribution >= 4 is 68.7 Å². The maximum atomic E-state index is 14.0. The number of rotatable bonds is 9. The maximum absolute atomic E-state index is 14.0. The number of nitro groups is 1. The lowest BCUT2D eigenvalue weighted by atomic mass is 9.83. The van der Waals surface area contributed by atoms with E-state index in [4.69, 9.17) is 9.47 Å². The summed E-state index contributed by atoms with van der Waals surface area (Å²) in [7, 11) is 0. The highest BCUT2D eigenvalue weighted by atomic mass is 32.2. The highest BCUT2D eigenvalue weighted by Crippen LogP contribution is 2.54. The van der Waals surface area contributed by atoms with Gasteiger partial charge in [-0.25, -0.2) is 4.90 Å². The third kappa shape index (κ3) is 5.69. The van der Waals surface area contributed by atoms with Crippen molar-refractivity contribution in [1.29, 1.82) is 0 Å². The van der Waals surface area contributed by atoms with Crippen molar-refractivity contribution in [1.82, 2.24) is 4.98 Å². The van der Waals surface area contributed by atoms with Crippen molar-refractivity contribution in [2.75, 3.05) is 23.4 Å². The number of non-ortho nitro benzene ring substituents is 1. The summed E-state index contributed by atoms with van der Waals surface area (Å²) in [4.78, 5) is 67.8. The molecule has 1 fully saturated rings. The van der Waals surface area contributed by atoms with Crippen molar-refractivity contribution in [2.45, 2.75) is 23.1 Å². The third-order valence-electron chi connectivity index (χ3n) is 8.16. The molecule has 3 heterocycles. The molecule has 12 nitrogen and oxygen atoms in total. The lowest BCUT2D eigenvalue weighted by Gasteiger charge is -2.30. The van der Waals surface area contributed by atoms with Crippen molar-refractivity contribution in [3.05, 3.63) is 115 Å². The van der Waals surface area contributed by atoms with Gasteiger partial charge in [-0.3, -0.25) is 29.3 Å². The first kappa shape index (κ1) is 31.1. The number of nitro benzene ring substituents is 1. The molecule has 242 valence electrons. The molecule has 2 aliphatic rings. The zero-order valence-electron chi connectivity index (χ0n) is 25.2. The minimum absolute atomic E-state index is 0.167. The third-order valence-corrected chi connectivity index (χ3v) is 10.6. The molecule has 0 radical (unpaired) electrons. The number of aromatic amines is 1. The van der Waals surface area contributed by atoms with Crippen LogP contribution in [0.1, 0.15) is 23.3 Å². The second-order valence-corrected chi connectivity index (χ2v) is 13.2. The molecule has 0 spiro atoms. The summed E-state index contributed by atoms with van der Waals surface area (Å²) in [6.45, 7) is 1.79. The van der Waals surface area contributed by atoms with Gasteiger partial charge in [-0.1, -0.05) is 59.5 Å². The van der Waals surface area contributed by atoms with Gasteiger partial charge in [0.25, 0.3) is 11.6 Å². The summed E-state index contributed by atoms with van der Waals surface area (Å²) in [6, 6.07) is 23.8. The average Bonchev–Trinajstić information content (AvgIpc) is 3.57. The Morgan fingerprint density at radius 2 is 1.71 bits per heavy atom. The van der Waals surface area contributed by atoms with Crippen LogP contribution in [0.4, 0.5) is 17.1 Å². The highest BCUT2D eigenvalue weighted by Gasteiger charge is 2.56. The molecular formula is C34H26N4O8S2. The molecule has 0 aliphatic carbocycles. The summed E-state index contributed by atoms with van der Waals surface area (Å²) < 4.78 is 11.8. The molecule has 1 aromatic heterocycles. The normalized spacial score (nSPS) is 18.4. The van der Waals surface area contributed by atoms with Gasteiger partial charge in [-0.05, 0) is 59.7 Å². The van der Waals surface area contributed by atoms with Crippen LogP contribution in [0, 0.1) is 16.0 Å². The van der Waals surface area contributed by atoms with Gasteiger partial charge < -0.3 is 19.8 Å². The molecule has 0 unspecified atom stereocenters. The fraction of sp³-hybridized carbons (Fsp3) is 0.176. The molecule has 48 heavy (non-hydrogen) atoms. The Morgan fingerprint density at radius 3 is 2.46 bits per heavy atom. The summed E-state index contributed by atoms with van der Waals surface area (Å²) in [6.07, 6.45) is 0. The van der Waals surface area contributed by atoms with Gasteiger partial charge >= 0.3 is 4.87 Å². The van der Waals surface area contributed by atoms with Gasteiger partial charge in [0.05, 0.1) is 28.2 Å². The number of thioether (sulfide) groups is 1. The average molecular weight is 683 g/mol. The second kappa shape index (κ2) is 12.6. The predicted molar refractivity (Wildman–Crippen MR) is 181 cm³/mol. The fourth-order valence-electron chi connectivity index (χ4n) is 6.07. The van der Waals surface area contributed by atoms with E-state index in [2.05, 4.69) is 10.3 Å². The Balaban J connectivity index is 1.16. The number of amides is 3. The molecule has 14 heteroatoms. The van der Waals surface area contributed by atoms with E-state index in [9.17, 15) is 29.3 Å². The molecule has 3 atom stereocenters. The SMILES string of the molecule is CCOc1cc([C@@H]2c3sc(=O)[nH]c3S[C@H]3C(=O)N(c4ccc([N+](=O)[O-])cc4)C(=O)[C@@H]23)ccc1OCC(=O)Nc1ccc2ccccc2c1. The van der Waals surface area contributed by atoms with Gasteiger partial charge in [-0.15, -0.1) is 0 Å². The van der Waals surface area contributed by atoms with Crippen LogP contribution < -0.4 is 24.6 Å². The number of H-pyrrole nitrogens is 1. The molecule has 3 amide bonds. The number of hydrogen-bond acceptors (Lipinski definition) is 10. The lowest BCUT2D eigenvalue weighted by molar-refractivity contribution is -0.384. The van der Waals surface area contributed by atoms with Gasteiger partial charge in [0.2, 0.25) is 11.8 Å².